The van der Waals surface area contributed by atoms with Gasteiger partial charge in [-0.3, -0.25) is 0 Å². The molecule has 2 aromatic rings. The molecule has 4 heteroatoms. The van der Waals surface area contributed by atoms with Crippen molar-refractivity contribution in [1.29, 1.82) is 0 Å². The number of unbranched alkanes of at least 4 members (excludes halogenated alkanes) is 1. The van der Waals surface area contributed by atoms with Gasteiger partial charge in [-0.25, -0.2) is 0 Å². The average molecular weight is 446 g/mol. The minimum absolute atomic E-state index is 0.293. The molecule has 0 radical (unpaired) electrons. The minimum Gasteiger partial charge on any atom is -0.493 e. The number of allylic oxidation sites excluding steroid dienone is 2. The number of hydrogen-bond donors (Lipinski definition) is 1. The molecule has 2 aliphatic carbocycles. The number of fused-ring (bicyclic) bond motifs is 2. The van der Waals surface area contributed by atoms with Crippen LogP contribution in [0.1, 0.15) is 69.4 Å². The Morgan fingerprint density at radius 2 is 1.85 bits per heavy atom. The fourth-order valence-electron chi connectivity index (χ4n) is 5.08. The molecule has 0 spiro atoms. The lowest BCUT2D eigenvalue weighted by atomic mass is 9.94. The molecule has 1 heterocycles. The molecule has 0 bridgehead atoms. The second-order valence-corrected chi connectivity index (χ2v) is 9.45. The summed E-state index contributed by atoms with van der Waals surface area (Å²) in [6, 6.07) is 11.2. The third-order valence-corrected chi connectivity index (χ3v) is 6.91. The highest BCUT2D eigenvalue weighted by molar-refractivity contribution is 5.85. The summed E-state index contributed by atoms with van der Waals surface area (Å²) in [5, 5.41) is 3.73. The first-order chi connectivity index (χ1) is 16.3. The molecule has 1 fully saturated rings. The van der Waals surface area contributed by atoms with Gasteiger partial charge in [0.2, 0.25) is 6.79 Å². The van der Waals surface area contributed by atoms with Crippen LogP contribution in [-0.2, 0) is 0 Å². The van der Waals surface area contributed by atoms with Crippen LogP contribution < -0.4 is 19.5 Å². The maximum atomic E-state index is 6.31. The normalized spacial score (nSPS) is 17.4. The molecule has 174 valence electrons. The maximum absolute atomic E-state index is 6.31. The molecule has 2 aromatic carbocycles. The van der Waals surface area contributed by atoms with Crippen molar-refractivity contribution in [3.63, 3.8) is 0 Å². The number of ether oxygens (including phenoxy) is 3. The molecule has 1 N–H and O–H groups in total. The molecular formula is C29H35NO3. The number of hydrogen-bond acceptors (Lipinski definition) is 4. The van der Waals surface area contributed by atoms with Crippen molar-refractivity contribution in [3.05, 3.63) is 53.1 Å². The van der Waals surface area contributed by atoms with Gasteiger partial charge in [0.05, 0.1) is 6.61 Å². The van der Waals surface area contributed by atoms with Crippen LogP contribution in [0.2, 0.25) is 0 Å². The Balaban J connectivity index is 1.27. The zero-order chi connectivity index (χ0) is 22.5. The van der Waals surface area contributed by atoms with Gasteiger partial charge >= 0.3 is 0 Å². The van der Waals surface area contributed by atoms with E-state index in [1.165, 1.54) is 54.4 Å². The van der Waals surface area contributed by atoms with Gasteiger partial charge in [0.15, 0.2) is 11.5 Å². The van der Waals surface area contributed by atoms with Gasteiger partial charge in [-0.2, -0.15) is 0 Å². The van der Waals surface area contributed by atoms with Crippen LogP contribution in [0.25, 0.3) is 23.3 Å². The van der Waals surface area contributed by atoms with E-state index in [2.05, 4.69) is 54.7 Å². The van der Waals surface area contributed by atoms with Crippen LogP contribution in [-0.4, -0.2) is 26.0 Å². The van der Waals surface area contributed by atoms with Gasteiger partial charge < -0.3 is 19.5 Å². The van der Waals surface area contributed by atoms with E-state index >= 15 is 0 Å². The Hall–Kier alpha value is -2.72. The quantitative estimate of drug-likeness (QED) is 0.445. The van der Waals surface area contributed by atoms with Gasteiger partial charge in [0.25, 0.3) is 0 Å². The van der Waals surface area contributed by atoms with Crippen molar-refractivity contribution >= 4 is 12.2 Å². The van der Waals surface area contributed by atoms with Crippen LogP contribution in [0.15, 0.2) is 42.0 Å². The highest BCUT2D eigenvalue weighted by atomic mass is 16.7. The molecule has 0 atom stereocenters. The van der Waals surface area contributed by atoms with Crippen molar-refractivity contribution in [2.75, 3.05) is 19.9 Å². The van der Waals surface area contributed by atoms with Crippen LogP contribution in [0.3, 0.4) is 0 Å². The summed E-state index contributed by atoms with van der Waals surface area (Å²) < 4.78 is 17.4. The second kappa shape index (κ2) is 10.5. The predicted molar refractivity (Wildman–Crippen MR) is 135 cm³/mol. The fourth-order valence-corrected chi connectivity index (χ4v) is 5.08. The summed E-state index contributed by atoms with van der Waals surface area (Å²) in [6.07, 6.45) is 16.8. The van der Waals surface area contributed by atoms with E-state index < -0.39 is 0 Å². The summed E-state index contributed by atoms with van der Waals surface area (Å²) in [5.41, 5.74) is 6.05. The van der Waals surface area contributed by atoms with E-state index in [9.17, 15) is 0 Å². The van der Waals surface area contributed by atoms with Crippen LogP contribution in [0.4, 0.5) is 0 Å². The Labute approximate surface area is 197 Å². The zero-order valence-electron chi connectivity index (χ0n) is 19.7. The van der Waals surface area contributed by atoms with Gasteiger partial charge in [-0.1, -0.05) is 55.2 Å². The molecule has 3 aliphatic rings. The van der Waals surface area contributed by atoms with Crippen molar-refractivity contribution in [2.45, 2.75) is 64.3 Å². The third kappa shape index (κ3) is 5.27. The summed E-state index contributed by atoms with van der Waals surface area (Å²) in [6.45, 7) is 4.32. The molecule has 0 amide bonds. The van der Waals surface area contributed by atoms with E-state index in [1.54, 1.807) is 0 Å². The third-order valence-electron chi connectivity index (χ3n) is 6.91. The van der Waals surface area contributed by atoms with E-state index in [0.717, 1.165) is 61.3 Å². The van der Waals surface area contributed by atoms with Crippen molar-refractivity contribution in [3.8, 4) is 28.4 Å². The fraction of sp³-hybridized carbons (Fsp3) is 0.448. The molecular weight excluding hydrogens is 410 g/mol. The van der Waals surface area contributed by atoms with Crippen LogP contribution in [0.5, 0.6) is 17.2 Å². The van der Waals surface area contributed by atoms with Crippen molar-refractivity contribution < 1.29 is 14.2 Å². The Morgan fingerprint density at radius 3 is 2.76 bits per heavy atom. The molecule has 1 aliphatic heterocycles. The van der Waals surface area contributed by atoms with Crippen molar-refractivity contribution in [1.82, 2.24) is 5.32 Å². The Kier molecular flexibility index (Phi) is 7.01. The second-order valence-electron chi connectivity index (χ2n) is 9.45. The van der Waals surface area contributed by atoms with Crippen LogP contribution >= 0.6 is 0 Å². The number of rotatable bonds is 8. The van der Waals surface area contributed by atoms with E-state index in [1.807, 2.05) is 6.07 Å². The summed E-state index contributed by atoms with van der Waals surface area (Å²) in [7, 11) is 0. The average Bonchev–Trinajstić information content (AvgIpc) is 3.22. The SMILES string of the molecule is CC1=Cc2c(OCCCCNC3CCCCC3)ccc(-c3ccc4c(c3)OCO4)c2C=CC1. The molecule has 0 unspecified atom stereocenters. The zero-order valence-corrected chi connectivity index (χ0v) is 19.7. The monoisotopic (exact) mass is 445 g/mol. The minimum atomic E-state index is 0.293. The summed E-state index contributed by atoms with van der Waals surface area (Å²) >= 11 is 0. The highest BCUT2D eigenvalue weighted by Gasteiger charge is 2.18. The Bertz CT molecular complexity index is 1030. The first-order valence-electron chi connectivity index (χ1n) is 12.5. The molecule has 0 aromatic heterocycles. The first-order valence-corrected chi connectivity index (χ1v) is 12.5. The lowest BCUT2D eigenvalue weighted by Crippen LogP contribution is -2.31. The molecule has 33 heavy (non-hydrogen) atoms. The maximum Gasteiger partial charge on any atom is 0.231 e. The first kappa shape index (κ1) is 22.1. The number of nitrogens with one attached hydrogen (secondary N) is 1. The lowest BCUT2D eigenvalue weighted by molar-refractivity contribution is 0.174. The highest BCUT2D eigenvalue weighted by Crippen LogP contribution is 2.41. The van der Waals surface area contributed by atoms with Gasteiger partial charge in [-0.15, -0.1) is 0 Å². The smallest absolute Gasteiger partial charge is 0.231 e. The summed E-state index contributed by atoms with van der Waals surface area (Å²) in [5.74, 6) is 2.60. The number of benzene rings is 2. The van der Waals surface area contributed by atoms with Gasteiger partial charge in [0, 0.05) is 11.6 Å². The molecule has 4 nitrogen and oxygen atoms in total. The van der Waals surface area contributed by atoms with Crippen LogP contribution in [0, 0.1) is 0 Å². The Morgan fingerprint density at radius 1 is 0.970 bits per heavy atom. The molecule has 0 saturated heterocycles. The van der Waals surface area contributed by atoms with E-state index in [0.29, 0.717) is 6.79 Å². The predicted octanol–water partition coefficient (Wildman–Crippen LogP) is 6.98. The van der Waals surface area contributed by atoms with E-state index in [4.69, 9.17) is 14.2 Å². The van der Waals surface area contributed by atoms with Gasteiger partial charge in [0.1, 0.15) is 5.75 Å². The van der Waals surface area contributed by atoms with Gasteiger partial charge in [-0.05, 0) is 80.5 Å². The van der Waals surface area contributed by atoms with E-state index in [-0.39, 0.29) is 0 Å². The molecule has 1 saturated carbocycles. The standard InChI is InChI=1S/C29H35NO3/c1-21-8-7-11-25-24(22-12-14-28-29(19-22)33-20-32-28)13-15-27(26(25)18-21)31-17-6-5-16-30-23-9-3-2-4-10-23/h7,11-15,18-19,23,30H,2-6,8-10,16-17,20H2,1H3. The topological polar surface area (TPSA) is 39.7 Å². The van der Waals surface area contributed by atoms with Crippen molar-refractivity contribution in [2.24, 2.45) is 0 Å². The largest absolute Gasteiger partial charge is 0.493 e. The lowest BCUT2D eigenvalue weighted by Gasteiger charge is -2.22. The molecule has 5 rings (SSSR count). The summed E-state index contributed by atoms with van der Waals surface area (Å²) in [4.78, 5) is 0.